The summed E-state index contributed by atoms with van der Waals surface area (Å²) in [5, 5.41) is 6.01. The molecule has 2 aromatic rings. The van der Waals surface area contributed by atoms with E-state index < -0.39 is 0 Å². The van der Waals surface area contributed by atoms with Crippen molar-refractivity contribution in [2.24, 2.45) is 0 Å². The van der Waals surface area contributed by atoms with Gasteiger partial charge in [-0.2, -0.15) is 0 Å². The number of carbonyl (C=O) groups is 2. The average molecular weight is 335 g/mol. The second-order valence-corrected chi connectivity index (χ2v) is 5.83. The van der Waals surface area contributed by atoms with Crippen LogP contribution >= 0.6 is 0 Å². The molecule has 0 radical (unpaired) electrons. The zero-order valence-electron chi connectivity index (χ0n) is 13.9. The number of hydrogen-bond acceptors (Lipinski definition) is 3. The number of piperazine rings is 1. The lowest BCUT2D eigenvalue weighted by Crippen LogP contribution is -2.48. The van der Waals surface area contributed by atoms with Crippen molar-refractivity contribution in [1.29, 1.82) is 0 Å². The van der Waals surface area contributed by atoms with Crippen molar-refractivity contribution >= 4 is 17.9 Å². The summed E-state index contributed by atoms with van der Waals surface area (Å²) in [6.07, 6.45) is 1.73. The van der Waals surface area contributed by atoms with E-state index >= 15 is 0 Å². The molecule has 0 unspecified atom stereocenters. The van der Waals surface area contributed by atoms with Crippen LogP contribution in [0.2, 0.25) is 0 Å². The van der Waals surface area contributed by atoms with Crippen LogP contribution in [0, 0.1) is 0 Å². The molecule has 0 atom stereocenters. The molecule has 1 aliphatic rings. The summed E-state index contributed by atoms with van der Waals surface area (Å²) in [4.78, 5) is 27.1. The van der Waals surface area contributed by atoms with Gasteiger partial charge in [0.25, 0.3) is 11.8 Å². The predicted octanol–water partition coefficient (Wildman–Crippen LogP) is 1.89. The first kappa shape index (κ1) is 16.9. The highest BCUT2D eigenvalue weighted by Gasteiger charge is 2.22. The third-order valence-corrected chi connectivity index (χ3v) is 4.03. The van der Waals surface area contributed by atoms with E-state index in [4.69, 9.17) is 0 Å². The van der Waals surface area contributed by atoms with E-state index in [0.717, 1.165) is 18.7 Å². The maximum Gasteiger partial charge on any atom is 0.270 e. The standard InChI is InChI=1S/C20H21N3O2/c24-19(17-9-5-2-6-10-17)22-18(15-16-7-3-1-4-8-16)20(25)23-13-11-21-12-14-23/h1-10,15,21H,11-14H2,(H,22,24)/b18-15+. The summed E-state index contributed by atoms with van der Waals surface area (Å²) >= 11 is 0. The van der Waals surface area contributed by atoms with Gasteiger partial charge in [-0.1, -0.05) is 48.5 Å². The largest absolute Gasteiger partial charge is 0.335 e. The van der Waals surface area contributed by atoms with E-state index in [2.05, 4.69) is 10.6 Å². The Kier molecular flexibility index (Phi) is 5.59. The Labute approximate surface area is 147 Å². The highest BCUT2D eigenvalue weighted by atomic mass is 16.2. The van der Waals surface area contributed by atoms with Crippen LogP contribution in [0.3, 0.4) is 0 Å². The number of carbonyl (C=O) groups excluding carboxylic acids is 2. The third kappa shape index (κ3) is 4.55. The molecule has 25 heavy (non-hydrogen) atoms. The van der Waals surface area contributed by atoms with Gasteiger partial charge in [-0.25, -0.2) is 0 Å². The SMILES string of the molecule is O=C(N/C(=C/c1ccccc1)C(=O)N1CCNCC1)c1ccccc1. The lowest BCUT2D eigenvalue weighted by Gasteiger charge is -2.28. The molecular formula is C20H21N3O2. The molecular weight excluding hydrogens is 314 g/mol. The van der Waals surface area contributed by atoms with Crippen molar-refractivity contribution in [3.63, 3.8) is 0 Å². The number of nitrogens with one attached hydrogen (secondary N) is 2. The van der Waals surface area contributed by atoms with Crippen LogP contribution in [0.15, 0.2) is 66.4 Å². The van der Waals surface area contributed by atoms with E-state index in [1.54, 1.807) is 35.2 Å². The summed E-state index contributed by atoms with van der Waals surface area (Å²) in [6, 6.07) is 18.4. The lowest BCUT2D eigenvalue weighted by molar-refractivity contribution is -0.127. The molecule has 2 aromatic carbocycles. The fourth-order valence-electron chi connectivity index (χ4n) is 2.69. The minimum atomic E-state index is -0.286. The normalized spacial score (nSPS) is 14.9. The monoisotopic (exact) mass is 335 g/mol. The zero-order valence-corrected chi connectivity index (χ0v) is 13.9. The van der Waals surface area contributed by atoms with Crippen molar-refractivity contribution in [1.82, 2.24) is 15.5 Å². The van der Waals surface area contributed by atoms with Gasteiger partial charge < -0.3 is 15.5 Å². The van der Waals surface area contributed by atoms with Crippen molar-refractivity contribution in [3.05, 3.63) is 77.5 Å². The molecule has 2 amide bonds. The number of benzene rings is 2. The van der Waals surface area contributed by atoms with Gasteiger partial charge in [-0.05, 0) is 23.8 Å². The second kappa shape index (κ2) is 8.26. The fraction of sp³-hybridized carbons (Fsp3) is 0.200. The quantitative estimate of drug-likeness (QED) is 0.839. The van der Waals surface area contributed by atoms with Crippen molar-refractivity contribution < 1.29 is 9.59 Å². The molecule has 1 fully saturated rings. The van der Waals surface area contributed by atoms with E-state index in [1.165, 1.54) is 0 Å². The Morgan fingerprint density at radius 2 is 1.52 bits per heavy atom. The topological polar surface area (TPSA) is 61.4 Å². The van der Waals surface area contributed by atoms with Crippen LogP contribution in [0.25, 0.3) is 6.08 Å². The van der Waals surface area contributed by atoms with E-state index in [0.29, 0.717) is 24.4 Å². The Morgan fingerprint density at radius 1 is 0.920 bits per heavy atom. The smallest absolute Gasteiger partial charge is 0.270 e. The number of nitrogens with zero attached hydrogens (tertiary/aromatic N) is 1. The van der Waals surface area contributed by atoms with Crippen LogP contribution in [0.5, 0.6) is 0 Å². The molecule has 0 aromatic heterocycles. The second-order valence-electron chi connectivity index (χ2n) is 5.83. The predicted molar refractivity (Wildman–Crippen MR) is 97.8 cm³/mol. The van der Waals surface area contributed by atoms with Gasteiger partial charge in [0.2, 0.25) is 0 Å². The molecule has 1 heterocycles. The third-order valence-electron chi connectivity index (χ3n) is 4.03. The maximum atomic E-state index is 12.9. The molecule has 3 rings (SSSR count). The van der Waals surface area contributed by atoms with Gasteiger partial charge in [-0.3, -0.25) is 9.59 Å². The van der Waals surface area contributed by atoms with Crippen molar-refractivity contribution in [3.8, 4) is 0 Å². The average Bonchev–Trinajstić information content (AvgIpc) is 2.69. The molecule has 2 N–H and O–H groups in total. The van der Waals surface area contributed by atoms with Crippen LogP contribution in [-0.2, 0) is 4.79 Å². The molecule has 128 valence electrons. The number of hydrogen-bond donors (Lipinski definition) is 2. The highest BCUT2D eigenvalue weighted by Crippen LogP contribution is 2.10. The first-order valence-corrected chi connectivity index (χ1v) is 8.37. The van der Waals surface area contributed by atoms with Crippen LogP contribution in [0.1, 0.15) is 15.9 Å². The summed E-state index contributed by atoms with van der Waals surface area (Å²) in [7, 11) is 0. The zero-order chi connectivity index (χ0) is 17.5. The molecule has 0 spiro atoms. The van der Waals surface area contributed by atoms with Crippen LogP contribution in [0.4, 0.5) is 0 Å². The molecule has 1 saturated heterocycles. The van der Waals surface area contributed by atoms with Gasteiger partial charge in [-0.15, -0.1) is 0 Å². The molecule has 0 aliphatic carbocycles. The number of rotatable bonds is 4. The van der Waals surface area contributed by atoms with Gasteiger partial charge >= 0.3 is 0 Å². The first-order valence-electron chi connectivity index (χ1n) is 8.37. The Balaban J connectivity index is 1.85. The summed E-state index contributed by atoms with van der Waals surface area (Å²) < 4.78 is 0. The minimum absolute atomic E-state index is 0.158. The summed E-state index contributed by atoms with van der Waals surface area (Å²) in [5.41, 5.74) is 1.69. The summed E-state index contributed by atoms with van der Waals surface area (Å²) in [5.74, 6) is -0.444. The fourth-order valence-corrected chi connectivity index (χ4v) is 2.69. The summed E-state index contributed by atoms with van der Waals surface area (Å²) in [6.45, 7) is 2.78. The molecule has 5 heteroatoms. The van der Waals surface area contributed by atoms with Crippen LogP contribution in [-0.4, -0.2) is 42.9 Å². The first-order chi connectivity index (χ1) is 12.2. The van der Waals surface area contributed by atoms with Gasteiger partial charge in [0.15, 0.2) is 0 Å². The van der Waals surface area contributed by atoms with Crippen molar-refractivity contribution in [2.75, 3.05) is 26.2 Å². The van der Waals surface area contributed by atoms with Gasteiger partial charge in [0.05, 0.1) is 0 Å². The Bertz CT molecular complexity index is 751. The molecule has 0 bridgehead atoms. The van der Waals surface area contributed by atoms with Crippen molar-refractivity contribution in [2.45, 2.75) is 0 Å². The van der Waals surface area contributed by atoms with Crippen LogP contribution < -0.4 is 10.6 Å². The van der Waals surface area contributed by atoms with Gasteiger partial charge in [0, 0.05) is 31.7 Å². The maximum absolute atomic E-state index is 12.9. The highest BCUT2D eigenvalue weighted by molar-refractivity contribution is 6.05. The minimum Gasteiger partial charge on any atom is -0.335 e. The number of amides is 2. The van der Waals surface area contributed by atoms with E-state index in [9.17, 15) is 9.59 Å². The molecule has 5 nitrogen and oxygen atoms in total. The Morgan fingerprint density at radius 3 is 2.16 bits per heavy atom. The molecule has 1 aliphatic heterocycles. The van der Waals surface area contributed by atoms with Gasteiger partial charge in [0.1, 0.15) is 5.70 Å². The Hall–Kier alpha value is -2.92. The molecule has 0 saturated carbocycles. The van der Waals surface area contributed by atoms with E-state index in [-0.39, 0.29) is 11.8 Å². The lowest BCUT2D eigenvalue weighted by atomic mass is 10.1. The van der Waals surface area contributed by atoms with E-state index in [1.807, 2.05) is 36.4 Å².